The maximum absolute atomic E-state index is 2.77. The highest BCUT2D eigenvalue weighted by Crippen LogP contribution is 2.50. The first kappa shape index (κ1) is 19.6. The molecular weight excluding hydrogens is 266 g/mol. The lowest BCUT2D eigenvalue weighted by atomic mass is 9.68. The van der Waals surface area contributed by atoms with Crippen LogP contribution in [0.15, 0.2) is 11.3 Å². The van der Waals surface area contributed by atoms with Crippen molar-refractivity contribution in [2.45, 2.75) is 108 Å². The molecule has 0 N–H and O–H groups in total. The first-order chi connectivity index (χ1) is 9.47. The van der Waals surface area contributed by atoms with Crippen molar-refractivity contribution in [2.24, 2.45) is 16.2 Å². The lowest BCUT2D eigenvalue weighted by molar-refractivity contribution is 0.0159. The normalized spacial score (nSPS) is 22.4. The van der Waals surface area contributed by atoms with Gasteiger partial charge in [0.1, 0.15) is 0 Å². The summed E-state index contributed by atoms with van der Waals surface area (Å²) in [5.41, 5.74) is 4.13. The Hall–Kier alpha value is -0.460. The molecule has 0 aromatic carbocycles. The lowest BCUT2D eigenvalue weighted by Gasteiger charge is -2.57. The average molecular weight is 308 g/mol. The highest BCUT2D eigenvalue weighted by Gasteiger charge is 2.45. The Morgan fingerprint density at radius 1 is 0.727 bits per heavy atom. The van der Waals surface area contributed by atoms with E-state index in [9.17, 15) is 0 Å². The zero-order valence-corrected chi connectivity index (χ0v) is 17.4. The first-order valence-corrected chi connectivity index (χ1v) is 9.01. The molecule has 1 heteroatoms. The summed E-state index contributed by atoms with van der Waals surface area (Å²) in [5.74, 6) is 0. The van der Waals surface area contributed by atoms with Crippen LogP contribution in [0.25, 0.3) is 0 Å². The number of nitrogens with zero attached hydrogens (tertiary/aromatic N) is 1. The molecule has 0 amide bonds. The van der Waals surface area contributed by atoms with Gasteiger partial charge in [-0.2, -0.15) is 0 Å². The second-order valence-corrected chi connectivity index (χ2v) is 11.3. The Morgan fingerprint density at radius 2 is 1.18 bits per heavy atom. The lowest BCUT2D eigenvalue weighted by Crippen LogP contribution is -2.57. The Balaban J connectivity index is 3.65. The summed E-state index contributed by atoms with van der Waals surface area (Å²) in [7, 11) is 0. The standard InChI is InChI=1S/C21H41N/c1-18(2,3)15-13-14-16(19(4,5)6)22(21(10,11)12)17(15)20(7,8)9/h16H,13-14H2,1-12H3. The van der Waals surface area contributed by atoms with E-state index < -0.39 is 0 Å². The monoisotopic (exact) mass is 307 g/mol. The van der Waals surface area contributed by atoms with E-state index in [4.69, 9.17) is 0 Å². The Morgan fingerprint density at radius 3 is 1.45 bits per heavy atom. The Kier molecular flexibility index (Phi) is 4.95. The van der Waals surface area contributed by atoms with Crippen LogP contribution in [0.1, 0.15) is 95.9 Å². The van der Waals surface area contributed by atoms with Crippen molar-refractivity contribution >= 4 is 0 Å². The van der Waals surface area contributed by atoms with Gasteiger partial charge < -0.3 is 4.90 Å². The Bertz CT molecular complexity index is 426. The molecule has 0 saturated carbocycles. The second kappa shape index (κ2) is 5.56. The van der Waals surface area contributed by atoms with Crippen LogP contribution >= 0.6 is 0 Å². The molecule has 1 aliphatic heterocycles. The fourth-order valence-electron chi connectivity index (χ4n) is 4.00. The van der Waals surface area contributed by atoms with Gasteiger partial charge in [-0.1, -0.05) is 62.3 Å². The maximum Gasteiger partial charge on any atom is 0.0343 e. The third kappa shape index (κ3) is 4.09. The van der Waals surface area contributed by atoms with Gasteiger partial charge in [-0.05, 0) is 50.0 Å². The van der Waals surface area contributed by atoms with Crippen molar-refractivity contribution in [2.75, 3.05) is 0 Å². The van der Waals surface area contributed by atoms with Crippen LogP contribution in [0.3, 0.4) is 0 Å². The van der Waals surface area contributed by atoms with Gasteiger partial charge in [-0.3, -0.25) is 0 Å². The molecule has 0 bridgehead atoms. The maximum atomic E-state index is 2.77. The van der Waals surface area contributed by atoms with E-state index in [0.29, 0.717) is 11.5 Å². The van der Waals surface area contributed by atoms with E-state index in [1.165, 1.54) is 12.8 Å². The summed E-state index contributed by atoms with van der Waals surface area (Å²) in [5, 5.41) is 0. The molecule has 130 valence electrons. The largest absolute Gasteiger partial charge is 0.366 e. The molecule has 0 fully saturated rings. The molecule has 1 unspecified atom stereocenters. The number of hydrogen-bond acceptors (Lipinski definition) is 1. The molecule has 0 spiro atoms. The quantitative estimate of drug-likeness (QED) is 0.484. The van der Waals surface area contributed by atoms with Crippen LogP contribution in [0.5, 0.6) is 0 Å². The van der Waals surface area contributed by atoms with Crippen LogP contribution in [0.4, 0.5) is 0 Å². The third-order valence-corrected chi connectivity index (χ3v) is 4.84. The van der Waals surface area contributed by atoms with E-state index >= 15 is 0 Å². The van der Waals surface area contributed by atoms with E-state index in [-0.39, 0.29) is 16.4 Å². The summed E-state index contributed by atoms with van der Waals surface area (Å²) in [4.78, 5) is 2.77. The first-order valence-electron chi connectivity index (χ1n) is 9.01. The van der Waals surface area contributed by atoms with Gasteiger partial charge in [-0.15, -0.1) is 0 Å². The van der Waals surface area contributed by atoms with Crippen LogP contribution in [-0.2, 0) is 0 Å². The van der Waals surface area contributed by atoms with Gasteiger partial charge in [0.2, 0.25) is 0 Å². The summed E-state index contributed by atoms with van der Waals surface area (Å²) in [6, 6.07) is 0.604. The van der Waals surface area contributed by atoms with Gasteiger partial charge in [-0.25, -0.2) is 0 Å². The molecule has 1 nitrogen and oxygen atoms in total. The summed E-state index contributed by atoms with van der Waals surface area (Å²) < 4.78 is 0. The summed E-state index contributed by atoms with van der Waals surface area (Å²) in [6.45, 7) is 28.6. The van der Waals surface area contributed by atoms with Crippen molar-refractivity contribution in [3.8, 4) is 0 Å². The van der Waals surface area contributed by atoms with Crippen LogP contribution in [0.2, 0.25) is 0 Å². The van der Waals surface area contributed by atoms with Crippen molar-refractivity contribution in [1.29, 1.82) is 0 Å². The zero-order chi connectivity index (χ0) is 17.7. The smallest absolute Gasteiger partial charge is 0.0343 e. The van der Waals surface area contributed by atoms with Gasteiger partial charge in [0, 0.05) is 22.7 Å². The molecule has 1 aliphatic rings. The fraction of sp³-hybridized carbons (Fsp3) is 0.905. The van der Waals surface area contributed by atoms with Crippen molar-refractivity contribution < 1.29 is 0 Å². The molecule has 0 aliphatic carbocycles. The molecule has 0 aromatic heterocycles. The molecule has 0 saturated heterocycles. The minimum atomic E-state index is 0.150. The van der Waals surface area contributed by atoms with E-state index in [2.05, 4.69) is 88.0 Å². The highest BCUT2D eigenvalue weighted by molar-refractivity contribution is 5.29. The second-order valence-electron chi connectivity index (χ2n) is 11.3. The van der Waals surface area contributed by atoms with Gasteiger partial charge in [0.25, 0.3) is 0 Å². The predicted molar refractivity (Wildman–Crippen MR) is 100 cm³/mol. The van der Waals surface area contributed by atoms with Gasteiger partial charge in [0.15, 0.2) is 0 Å². The molecule has 22 heavy (non-hydrogen) atoms. The minimum absolute atomic E-state index is 0.150. The van der Waals surface area contributed by atoms with Gasteiger partial charge >= 0.3 is 0 Å². The van der Waals surface area contributed by atoms with E-state index in [0.717, 1.165) is 0 Å². The highest BCUT2D eigenvalue weighted by atomic mass is 15.2. The molecule has 1 atom stereocenters. The van der Waals surface area contributed by atoms with Crippen LogP contribution < -0.4 is 0 Å². The van der Waals surface area contributed by atoms with E-state index in [1.807, 2.05) is 0 Å². The van der Waals surface area contributed by atoms with Gasteiger partial charge in [0.05, 0.1) is 0 Å². The Labute approximate surface area is 140 Å². The zero-order valence-electron chi connectivity index (χ0n) is 17.4. The number of allylic oxidation sites excluding steroid dienone is 2. The number of rotatable bonds is 0. The van der Waals surface area contributed by atoms with Crippen molar-refractivity contribution in [1.82, 2.24) is 4.90 Å². The van der Waals surface area contributed by atoms with Crippen molar-refractivity contribution in [3.05, 3.63) is 11.3 Å². The average Bonchev–Trinajstić information content (AvgIpc) is 2.22. The molecule has 1 heterocycles. The molecular formula is C21H41N. The van der Waals surface area contributed by atoms with E-state index in [1.54, 1.807) is 11.3 Å². The molecule has 0 radical (unpaired) electrons. The van der Waals surface area contributed by atoms with Crippen molar-refractivity contribution in [3.63, 3.8) is 0 Å². The predicted octanol–water partition coefficient (Wildman–Crippen LogP) is 6.64. The fourth-order valence-corrected chi connectivity index (χ4v) is 4.00. The SMILES string of the molecule is CC(C)(C)C1=C(C(C)(C)C)N(C(C)(C)C)C(C(C)(C)C)CC1. The molecule has 0 aromatic rings. The van der Waals surface area contributed by atoms with Crippen LogP contribution in [0, 0.1) is 16.2 Å². The third-order valence-electron chi connectivity index (χ3n) is 4.84. The number of hydrogen-bond donors (Lipinski definition) is 0. The molecule has 1 rings (SSSR count). The topological polar surface area (TPSA) is 3.24 Å². The summed E-state index contributed by atoms with van der Waals surface area (Å²) in [6.07, 6.45) is 2.51. The van der Waals surface area contributed by atoms with Crippen LogP contribution in [-0.4, -0.2) is 16.5 Å². The summed E-state index contributed by atoms with van der Waals surface area (Å²) >= 11 is 0. The minimum Gasteiger partial charge on any atom is -0.366 e.